The molecule has 4 heteroatoms. The highest BCUT2D eigenvalue weighted by Gasteiger charge is 2.33. The van der Waals surface area contributed by atoms with Gasteiger partial charge in [-0.15, -0.1) is 0 Å². The molecule has 22 heavy (non-hydrogen) atoms. The summed E-state index contributed by atoms with van der Waals surface area (Å²) in [7, 11) is -2.78. The Hall–Kier alpha value is -1.41. The van der Waals surface area contributed by atoms with Crippen LogP contribution in [-0.2, 0) is 15.6 Å². The van der Waals surface area contributed by atoms with Crippen molar-refractivity contribution in [3.8, 4) is 0 Å². The Labute approximate surface area is 133 Å². The van der Waals surface area contributed by atoms with Crippen molar-refractivity contribution in [1.82, 2.24) is 5.32 Å². The zero-order valence-corrected chi connectivity index (χ0v) is 14.1. The molecule has 2 atom stereocenters. The number of nitrogens with one attached hydrogen (secondary N) is 1. The van der Waals surface area contributed by atoms with E-state index < -0.39 is 7.37 Å². The molecular weight excluding hydrogens is 293 g/mol. The van der Waals surface area contributed by atoms with Crippen LogP contribution in [0.1, 0.15) is 30.8 Å². The van der Waals surface area contributed by atoms with E-state index in [4.69, 9.17) is 4.52 Å². The van der Waals surface area contributed by atoms with Gasteiger partial charge in [0.25, 0.3) is 0 Å². The zero-order valence-electron chi connectivity index (χ0n) is 13.2. The fourth-order valence-electron chi connectivity index (χ4n) is 2.50. The van der Waals surface area contributed by atoms with Crippen molar-refractivity contribution in [3.63, 3.8) is 0 Å². The lowest BCUT2D eigenvalue weighted by atomic mass is 10.2. The molecule has 0 saturated carbocycles. The molecule has 0 heterocycles. The van der Waals surface area contributed by atoms with Gasteiger partial charge in [0.2, 0.25) is 7.37 Å². The smallest absolute Gasteiger partial charge is 0.223 e. The van der Waals surface area contributed by atoms with Crippen LogP contribution in [0.25, 0.3) is 0 Å². The number of hydrogen-bond acceptors (Lipinski definition) is 3. The molecule has 0 amide bonds. The third-order valence-electron chi connectivity index (χ3n) is 3.64. The lowest BCUT2D eigenvalue weighted by Crippen LogP contribution is -2.23. The van der Waals surface area contributed by atoms with E-state index >= 15 is 0 Å². The van der Waals surface area contributed by atoms with Crippen LogP contribution < -0.4 is 5.32 Å². The molecule has 0 aliphatic rings. The topological polar surface area (TPSA) is 38.3 Å². The van der Waals surface area contributed by atoms with Crippen LogP contribution in [0.5, 0.6) is 0 Å². The van der Waals surface area contributed by atoms with Gasteiger partial charge >= 0.3 is 0 Å². The van der Waals surface area contributed by atoms with E-state index in [1.807, 2.05) is 62.4 Å². The van der Waals surface area contributed by atoms with Crippen LogP contribution >= 0.6 is 7.37 Å². The minimum Gasteiger partial charge on any atom is -0.327 e. The second kappa shape index (κ2) is 8.28. The van der Waals surface area contributed by atoms with Gasteiger partial charge in [-0.2, -0.15) is 0 Å². The Morgan fingerprint density at radius 3 is 2.14 bits per heavy atom. The molecule has 3 nitrogen and oxygen atoms in total. The molecule has 0 spiro atoms. The Balaban J connectivity index is 2.24. The van der Waals surface area contributed by atoms with Gasteiger partial charge in [0, 0.05) is 12.7 Å². The third-order valence-corrected chi connectivity index (χ3v) is 6.48. The van der Waals surface area contributed by atoms with E-state index in [1.54, 1.807) is 0 Å². The summed E-state index contributed by atoms with van der Waals surface area (Å²) in [6.07, 6.45) is 0.516. The molecule has 0 bridgehead atoms. The molecule has 118 valence electrons. The van der Waals surface area contributed by atoms with Crippen molar-refractivity contribution >= 4 is 7.37 Å². The molecule has 0 aliphatic carbocycles. The van der Waals surface area contributed by atoms with Gasteiger partial charge in [0.1, 0.15) is 5.78 Å². The van der Waals surface area contributed by atoms with Crippen LogP contribution in [0.15, 0.2) is 60.7 Å². The first-order valence-electron chi connectivity index (χ1n) is 7.75. The number of rotatable bonds is 8. The Morgan fingerprint density at radius 2 is 1.59 bits per heavy atom. The molecule has 0 radical (unpaired) electrons. The minimum absolute atomic E-state index is 0.279. The Morgan fingerprint density at radius 1 is 1.00 bits per heavy atom. The summed E-state index contributed by atoms with van der Waals surface area (Å²) in [4.78, 5) is 0. The predicted octanol–water partition coefficient (Wildman–Crippen LogP) is 4.81. The quantitative estimate of drug-likeness (QED) is 0.710. The summed E-state index contributed by atoms with van der Waals surface area (Å²) in [5.74, 6) is -0.279. The fourth-order valence-corrected chi connectivity index (χ4v) is 4.63. The van der Waals surface area contributed by atoms with Crippen molar-refractivity contribution in [2.24, 2.45) is 0 Å². The van der Waals surface area contributed by atoms with E-state index in [-0.39, 0.29) is 5.78 Å². The summed E-state index contributed by atoms with van der Waals surface area (Å²) in [6.45, 7) is 4.94. The number of benzene rings is 2. The molecular formula is C18H24NO2P. The van der Waals surface area contributed by atoms with E-state index in [2.05, 4.69) is 17.4 Å². The van der Waals surface area contributed by atoms with Crippen LogP contribution in [0.2, 0.25) is 0 Å². The highest BCUT2D eigenvalue weighted by molar-refractivity contribution is 7.59. The second-order valence-electron chi connectivity index (χ2n) is 5.14. The molecule has 2 unspecified atom stereocenters. The lowest BCUT2D eigenvalue weighted by molar-refractivity contribution is 0.320. The fraction of sp³-hybridized carbons (Fsp3) is 0.333. The first kappa shape index (κ1) is 17.0. The number of hydrogen-bond donors (Lipinski definition) is 1. The first-order chi connectivity index (χ1) is 10.7. The largest absolute Gasteiger partial charge is 0.327 e. The van der Waals surface area contributed by atoms with Crippen molar-refractivity contribution < 1.29 is 9.09 Å². The van der Waals surface area contributed by atoms with E-state index in [1.165, 1.54) is 5.56 Å². The van der Waals surface area contributed by atoms with Gasteiger partial charge in [-0.3, -0.25) is 9.88 Å². The minimum atomic E-state index is -2.78. The van der Waals surface area contributed by atoms with Gasteiger partial charge < -0.3 is 4.52 Å². The average molecular weight is 317 g/mol. The molecule has 0 saturated heterocycles. The van der Waals surface area contributed by atoms with Crippen LogP contribution in [0.3, 0.4) is 0 Å². The van der Waals surface area contributed by atoms with Crippen LogP contribution in [0.4, 0.5) is 0 Å². The van der Waals surface area contributed by atoms with Gasteiger partial charge in [0.05, 0.1) is 6.61 Å². The van der Waals surface area contributed by atoms with Crippen molar-refractivity contribution in [2.45, 2.75) is 26.2 Å². The van der Waals surface area contributed by atoms with E-state index in [0.717, 1.165) is 5.56 Å². The van der Waals surface area contributed by atoms with Crippen molar-refractivity contribution in [3.05, 3.63) is 71.8 Å². The third kappa shape index (κ3) is 4.30. The highest BCUT2D eigenvalue weighted by Crippen LogP contribution is 2.58. The van der Waals surface area contributed by atoms with Crippen LogP contribution in [-0.4, -0.2) is 12.8 Å². The first-order valence-corrected chi connectivity index (χ1v) is 9.63. The predicted molar refractivity (Wildman–Crippen MR) is 92.2 cm³/mol. The lowest BCUT2D eigenvalue weighted by Gasteiger charge is -2.28. The molecule has 0 fully saturated rings. The summed E-state index contributed by atoms with van der Waals surface area (Å²) in [5.41, 5.74) is 2.18. The second-order valence-corrected chi connectivity index (χ2v) is 8.00. The van der Waals surface area contributed by atoms with Gasteiger partial charge in [-0.05, 0) is 18.1 Å². The van der Waals surface area contributed by atoms with Crippen LogP contribution in [0, 0.1) is 0 Å². The molecule has 2 aromatic rings. The highest BCUT2D eigenvalue weighted by atomic mass is 31.2. The maximum atomic E-state index is 13.2. The molecule has 0 aliphatic heterocycles. The summed E-state index contributed by atoms with van der Waals surface area (Å²) >= 11 is 0. The molecule has 2 rings (SSSR count). The van der Waals surface area contributed by atoms with Crippen molar-refractivity contribution in [2.75, 3.05) is 12.8 Å². The summed E-state index contributed by atoms with van der Waals surface area (Å²) in [6, 6.07) is 20.1. The van der Waals surface area contributed by atoms with E-state index in [9.17, 15) is 4.57 Å². The SMILES string of the molecule is CCOP(=O)(CC)C(NCc1ccccc1)c1ccccc1. The standard InChI is InChI=1S/C18H24NO2P/c1-3-21-22(20,4-2)18(17-13-9-6-10-14-17)19-15-16-11-7-5-8-12-16/h5-14,18-19H,3-4,15H2,1-2H3. The Kier molecular flexibility index (Phi) is 6.38. The maximum absolute atomic E-state index is 13.2. The normalized spacial score (nSPS) is 15.2. The Bertz CT molecular complexity index is 601. The molecule has 2 aromatic carbocycles. The maximum Gasteiger partial charge on any atom is 0.223 e. The van der Waals surface area contributed by atoms with Gasteiger partial charge in [-0.25, -0.2) is 0 Å². The zero-order chi connectivity index (χ0) is 15.8. The molecule has 1 N–H and O–H groups in total. The van der Waals surface area contributed by atoms with Crippen molar-refractivity contribution in [1.29, 1.82) is 0 Å². The molecule has 0 aromatic heterocycles. The average Bonchev–Trinajstić information content (AvgIpc) is 2.57. The monoisotopic (exact) mass is 317 g/mol. The summed E-state index contributed by atoms with van der Waals surface area (Å²) in [5, 5.41) is 3.44. The van der Waals surface area contributed by atoms with Gasteiger partial charge in [-0.1, -0.05) is 67.6 Å². The summed E-state index contributed by atoms with van der Waals surface area (Å²) < 4.78 is 18.9. The van der Waals surface area contributed by atoms with E-state index in [0.29, 0.717) is 19.3 Å². The van der Waals surface area contributed by atoms with Gasteiger partial charge in [0.15, 0.2) is 0 Å².